The van der Waals surface area contributed by atoms with E-state index in [9.17, 15) is 8.42 Å². The minimum Gasteiger partial charge on any atom is -0.332 e. The molecule has 2 atom stereocenters. The van der Waals surface area contributed by atoms with Gasteiger partial charge in [0.15, 0.2) is 5.03 Å². The molecule has 102 valence electrons. The first-order valence-corrected chi connectivity index (χ1v) is 7.68. The number of imidazole rings is 1. The van der Waals surface area contributed by atoms with Crippen LogP contribution in [0.15, 0.2) is 11.2 Å². The van der Waals surface area contributed by atoms with Gasteiger partial charge in [-0.05, 0) is 12.3 Å². The Hall–Kier alpha value is -0.920. The lowest BCUT2D eigenvalue weighted by molar-refractivity contribution is 0.249. The number of H-pyrrole nitrogens is 1. The molecule has 0 spiro atoms. The molecule has 6 nitrogen and oxygen atoms in total. The summed E-state index contributed by atoms with van der Waals surface area (Å²) in [6.45, 7) is 4.87. The fourth-order valence-corrected chi connectivity index (χ4v) is 3.62. The molecule has 0 amide bonds. The maximum absolute atomic E-state index is 12.4. The molecule has 1 saturated heterocycles. The monoisotopic (exact) mass is 272 g/mol. The van der Waals surface area contributed by atoms with E-state index >= 15 is 0 Å². The summed E-state index contributed by atoms with van der Waals surface area (Å²) < 4.78 is 26.3. The van der Waals surface area contributed by atoms with Crippen LogP contribution in [0, 0.1) is 5.92 Å². The van der Waals surface area contributed by atoms with E-state index < -0.39 is 10.0 Å². The average molecular weight is 272 g/mol. The number of aryl methyl sites for hydroxylation is 1. The molecule has 1 aliphatic rings. The van der Waals surface area contributed by atoms with Crippen molar-refractivity contribution in [1.29, 1.82) is 0 Å². The molecule has 2 rings (SSSR count). The van der Waals surface area contributed by atoms with Gasteiger partial charge in [0.1, 0.15) is 5.82 Å². The molecule has 3 N–H and O–H groups in total. The normalized spacial score (nSPS) is 26.4. The number of sulfonamides is 1. The van der Waals surface area contributed by atoms with Crippen molar-refractivity contribution in [1.82, 2.24) is 14.3 Å². The zero-order chi connectivity index (χ0) is 13.3. The first-order chi connectivity index (χ1) is 8.45. The average Bonchev–Trinajstić information content (AvgIpc) is 2.81. The van der Waals surface area contributed by atoms with Gasteiger partial charge < -0.3 is 10.7 Å². The molecule has 0 bridgehead atoms. The Morgan fingerprint density at radius 2 is 2.33 bits per heavy atom. The van der Waals surface area contributed by atoms with Crippen LogP contribution in [0.5, 0.6) is 0 Å². The molecular weight excluding hydrogens is 252 g/mol. The number of nitrogens with one attached hydrogen (secondary N) is 1. The van der Waals surface area contributed by atoms with Gasteiger partial charge in [0.2, 0.25) is 0 Å². The third-order valence-corrected chi connectivity index (χ3v) is 5.27. The van der Waals surface area contributed by atoms with E-state index in [0.29, 0.717) is 31.8 Å². The number of hydrogen-bond donors (Lipinski definition) is 2. The van der Waals surface area contributed by atoms with Gasteiger partial charge in [0, 0.05) is 25.6 Å². The van der Waals surface area contributed by atoms with Crippen LogP contribution in [-0.2, 0) is 16.4 Å². The second kappa shape index (κ2) is 4.99. The van der Waals surface area contributed by atoms with Crippen molar-refractivity contribution in [2.45, 2.75) is 37.8 Å². The number of aromatic amines is 1. The van der Waals surface area contributed by atoms with Crippen LogP contribution in [0.4, 0.5) is 0 Å². The Bertz CT molecular complexity index is 511. The Morgan fingerprint density at radius 1 is 1.61 bits per heavy atom. The summed E-state index contributed by atoms with van der Waals surface area (Å²) in [6, 6.07) is 0.0874. The highest BCUT2D eigenvalue weighted by molar-refractivity contribution is 7.89. The van der Waals surface area contributed by atoms with E-state index in [2.05, 4.69) is 9.97 Å². The summed E-state index contributed by atoms with van der Waals surface area (Å²) in [6.07, 6.45) is 2.79. The molecule has 0 aliphatic carbocycles. The predicted molar refractivity (Wildman–Crippen MR) is 68.5 cm³/mol. The van der Waals surface area contributed by atoms with Gasteiger partial charge in [-0.15, -0.1) is 0 Å². The van der Waals surface area contributed by atoms with Crippen LogP contribution in [0.3, 0.4) is 0 Å². The van der Waals surface area contributed by atoms with Crippen LogP contribution < -0.4 is 5.73 Å². The summed E-state index contributed by atoms with van der Waals surface area (Å²) in [5.41, 5.74) is 5.91. The molecule has 2 heterocycles. The maximum Gasteiger partial charge on any atom is 0.260 e. The van der Waals surface area contributed by atoms with E-state index in [-0.39, 0.29) is 17.0 Å². The lowest BCUT2D eigenvalue weighted by Gasteiger charge is -2.33. The zero-order valence-electron chi connectivity index (χ0n) is 10.8. The van der Waals surface area contributed by atoms with Crippen molar-refractivity contribution >= 4 is 10.0 Å². The molecular formula is C11H20N4O2S. The Morgan fingerprint density at radius 3 is 2.89 bits per heavy atom. The summed E-state index contributed by atoms with van der Waals surface area (Å²) in [4.78, 5) is 6.90. The van der Waals surface area contributed by atoms with E-state index in [1.807, 2.05) is 13.8 Å². The number of aromatic nitrogens is 2. The van der Waals surface area contributed by atoms with Crippen LogP contribution >= 0.6 is 0 Å². The number of nitrogens with zero attached hydrogens (tertiary/aromatic N) is 2. The van der Waals surface area contributed by atoms with Gasteiger partial charge in [0.05, 0.1) is 6.20 Å². The molecule has 1 aromatic rings. The molecule has 0 aromatic carbocycles. The Balaban J connectivity index is 2.21. The minimum atomic E-state index is -3.45. The van der Waals surface area contributed by atoms with Crippen molar-refractivity contribution in [3.8, 4) is 0 Å². The van der Waals surface area contributed by atoms with Gasteiger partial charge in [-0.1, -0.05) is 13.8 Å². The molecule has 1 aliphatic heterocycles. The fraction of sp³-hybridized carbons (Fsp3) is 0.727. The van der Waals surface area contributed by atoms with Crippen molar-refractivity contribution in [2.75, 3.05) is 13.1 Å². The quantitative estimate of drug-likeness (QED) is 0.829. The van der Waals surface area contributed by atoms with Gasteiger partial charge in [-0.25, -0.2) is 13.4 Å². The summed E-state index contributed by atoms with van der Waals surface area (Å²) in [5.74, 6) is 0.873. The third kappa shape index (κ3) is 2.43. The molecule has 2 unspecified atom stereocenters. The van der Waals surface area contributed by atoms with Gasteiger partial charge >= 0.3 is 0 Å². The standard InChI is InChI=1S/C11H20N4O2S/c1-3-10-13-6-11(14-10)18(16,17)15-5-4-9(12)8(2)7-15/h6,8-9H,3-5,7,12H2,1-2H3,(H,13,14). The van der Waals surface area contributed by atoms with Crippen molar-refractivity contribution in [3.63, 3.8) is 0 Å². The number of hydrogen-bond acceptors (Lipinski definition) is 4. The SMILES string of the molecule is CCc1ncc(S(=O)(=O)N2CCC(N)C(C)C2)[nH]1. The van der Waals surface area contributed by atoms with E-state index in [4.69, 9.17) is 5.73 Å². The molecule has 0 radical (unpaired) electrons. The number of rotatable bonds is 3. The van der Waals surface area contributed by atoms with Gasteiger partial charge in [-0.2, -0.15) is 4.31 Å². The highest BCUT2D eigenvalue weighted by Gasteiger charge is 2.32. The van der Waals surface area contributed by atoms with Crippen LogP contribution in [0.25, 0.3) is 0 Å². The van der Waals surface area contributed by atoms with Crippen molar-refractivity contribution in [2.24, 2.45) is 11.7 Å². The topological polar surface area (TPSA) is 92.1 Å². The zero-order valence-corrected chi connectivity index (χ0v) is 11.6. The maximum atomic E-state index is 12.4. The second-order valence-corrected chi connectivity index (χ2v) is 6.75. The first kappa shape index (κ1) is 13.5. The van der Waals surface area contributed by atoms with Crippen LogP contribution in [0.1, 0.15) is 26.1 Å². The second-order valence-electron chi connectivity index (χ2n) is 4.84. The first-order valence-electron chi connectivity index (χ1n) is 6.24. The van der Waals surface area contributed by atoms with E-state index in [1.54, 1.807) is 0 Å². The smallest absolute Gasteiger partial charge is 0.260 e. The van der Waals surface area contributed by atoms with Crippen molar-refractivity contribution in [3.05, 3.63) is 12.0 Å². The van der Waals surface area contributed by atoms with Gasteiger partial charge in [-0.3, -0.25) is 0 Å². The highest BCUT2D eigenvalue weighted by Crippen LogP contribution is 2.22. The molecule has 18 heavy (non-hydrogen) atoms. The molecule has 1 fully saturated rings. The summed E-state index contributed by atoms with van der Waals surface area (Å²) in [7, 11) is -3.45. The molecule has 0 saturated carbocycles. The van der Waals surface area contributed by atoms with E-state index in [1.165, 1.54) is 10.5 Å². The lowest BCUT2D eigenvalue weighted by atomic mass is 9.96. The lowest BCUT2D eigenvalue weighted by Crippen LogP contribution is -2.48. The largest absolute Gasteiger partial charge is 0.332 e. The molecule has 1 aromatic heterocycles. The predicted octanol–water partition coefficient (Wildman–Crippen LogP) is 0.330. The van der Waals surface area contributed by atoms with E-state index in [0.717, 1.165) is 0 Å². The third-order valence-electron chi connectivity index (χ3n) is 3.49. The summed E-state index contributed by atoms with van der Waals surface area (Å²) in [5, 5.41) is 0.182. The van der Waals surface area contributed by atoms with Crippen LogP contribution in [-0.4, -0.2) is 41.8 Å². The number of nitrogens with two attached hydrogens (primary N) is 1. The molecule has 7 heteroatoms. The number of piperidine rings is 1. The highest BCUT2D eigenvalue weighted by atomic mass is 32.2. The van der Waals surface area contributed by atoms with Crippen LogP contribution in [0.2, 0.25) is 0 Å². The Kier molecular flexibility index (Phi) is 3.74. The van der Waals surface area contributed by atoms with Crippen molar-refractivity contribution < 1.29 is 8.42 Å². The summed E-state index contributed by atoms with van der Waals surface area (Å²) >= 11 is 0. The minimum absolute atomic E-state index is 0.0874. The fourth-order valence-electron chi connectivity index (χ4n) is 2.14. The van der Waals surface area contributed by atoms with Gasteiger partial charge in [0.25, 0.3) is 10.0 Å². The Labute approximate surface area is 108 Å².